The van der Waals surface area contributed by atoms with Crippen LogP contribution in [0, 0.1) is 5.82 Å². The van der Waals surface area contributed by atoms with Crippen molar-refractivity contribution in [1.29, 1.82) is 0 Å². The minimum Gasteiger partial charge on any atom is -0.507 e. The van der Waals surface area contributed by atoms with E-state index in [0.29, 0.717) is 0 Å². The summed E-state index contributed by atoms with van der Waals surface area (Å²) in [5.74, 6) is -2.94. The number of methoxy groups -OCH3 is 1. The van der Waals surface area contributed by atoms with Crippen LogP contribution in [0.2, 0.25) is 0 Å². The van der Waals surface area contributed by atoms with Crippen molar-refractivity contribution < 1.29 is 23.8 Å². The summed E-state index contributed by atoms with van der Waals surface area (Å²) in [6.07, 6.45) is 0.721. The highest BCUT2D eigenvalue weighted by atomic mass is 19.1. The third-order valence-electron chi connectivity index (χ3n) is 1.79. The van der Waals surface area contributed by atoms with Gasteiger partial charge >= 0.3 is 5.97 Å². The second kappa shape index (κ2) is 5.06. The summed E-state index contributed by atoms with van der Waals surface area (Å²) in [5, 5.41) is 9.44. The maximum Gasteiger partial charge on any atom is 0.378 e. The predicted molar refractivity (Wildman–Crippen MR) is 54.0 cm³/mol. The van der Waals surface area contributed by atoms with Crippen molar-refractivity contribution in [3.8, 4) is 0 Å². The third-order valence-corrected chi connectivity index (χ3v) is 1.79. The number of halogens is 1. The quantitative estimate of drug-likeness (QED) is 0.365. The van der Waals surface area contributed by atoms with Gasteiger partial charge in [0.2, 0.25) is 0 Å². The first-order chi connectivity index (χ1) is 7.54. The molecule has 0 bridgehead atoms. The molecule has 1 rings (SSSR count). The molecule has 0 saturated carbocycles. The molecule has 0 radical (unpaired) electrons. The Balaban J connectivity index is 2.89. The molecule has 0 fully saturated rings. The zero-order valence-corrected chi connectivity index (χ0v) is 8.44. The van der Waals surface area contributed by atoms with Gasteiger partial charge < -0.3 is 9.84 Å². The summed E-state index contributed by atoms with van der Waals surface area (Å²) < 4.78 is 16.7. The molecule has 0 aliphatic carbocycles. The van der Waals surface area contributed by atoms with E-state index < -0.39 is 23.3 Å². The number of hydrogen-bond acceptors (Lipinski definition) is 4. The molecule has 4 nitrogen and oxygen atoms in total. The lowest BCUT2D eigenvalue weighted by Crippen LogP contribution is -2.13. The molecule has 84 valence electrons. The summed E-state index contributed by atoms with van der Waals surface area (Å²) >= 11 is 0. The van der Waals surface area contributed by atoms with Crippen LogP contribution in [0.25, 0.3) is 5.76 Å². The summed E-state index contributed by atoms with van der Waals surface area (Å²) in [4.78, 5) is 21.8. The Labute approximate surface area is 91.0 Å². The number of ether oxygens (including phenoxy) is 1. The molecular weight excluding hydrogens is 215 g/mol. The van der Waals surface area contributed by atoms with E-state index in [0.717, 1.165) is 25.3 Å². The Morgan fingerprint density at radius 3 is 2.38 bits per heavy atom. The summed E-state index contributed by atoms with van der Waals surface area (Å²) in [6.45, 7) is 0. The van der Waals surface area contributed by atoms with E-state index in [2.05, 4.69) is 4.74 Å². The number of esters is 1. The first kappa shape index (κ1) is 11.9. The van der Waals surface area contributed by atoms with Gasteiger partial charge in [0.25, 0.3) is 5.78 Å². The van der Waals surface area contributed by atoms with Crippen molar-refractivity contribution in [3.05, 3.63) is 41.7 Å². The monoisotopic (exact) mass is 224 g/mol. The fraction of sp³-hybridized carbons (Fsp3) is 0.0909. The van der Waals surface area contributed by atoms with Crippen molar-refractivity contribution in [2.75, 3.05) is 7.11 Å². The second-order valence-electron chi connectivity index (χ2n) is 2.89. The van der Waals surface area contributed by atoms with E-state index in [9.17, 15) is 19.1 Å². The number of carbonyl (C=O) groups is 2. The van der Waals surface area contributed by atoms with E-state index in [1.165, 1.54) is 12.1 Å². The highest BCUT2D eigenvalue weighted by Crippen LogP contribution is 2.11. The first-order valence-electron chi connectivity index (χ1n) is 4.33. The molecule has 1 N–H and O–H groups in total. The van der Waals surface area contributed by atoms with Gasteiger partial charge in [-0.25, -0.2) is 9.18 Å². The van der Waals surface area contributed by atoms with E-state index >= 15 is 0 Å². The van der Waals surface area contributed by atoms with Crippen molar-refractivity contribution >= 4 is 17.5 Å². The SMILES string of the molecule is COC(=O)C(=O)/C=C(\O)c1ccc(F)cc1. The van der Waals surface area contributed by atoms with Gasteiger partial charge in [-0.2, -0.15) is 0 Å². The van der Waals surface area contributed by atoms with Gasteiger partial charge in [0.1, 0.15) is 11.6 Å². The molecule has 0 aliphatic rings. The molecule has 5 heteroatoms. The standard InChI is InChI=1S/C11H9FO4/c1-16-11(15)10(14)6-9(13)7-2-4-8(12)5-3-7/h2-6,13H,1H3/b9-6-. The fourth-order valence-electron chi connectivity index (χ4n) is 0.988. The number of benzene rings is 1. The van der Waals surface area contributed by atoms with Gasteiger partial charge in [-0.1, -0.05) is 0 Å². The van der Waals surface area contributed by atoms with Gasteiger partial charge in [-0.3, -0.25) is 4.79 Å². The van der Waals surface area contributed by atoms with Gasteiger partial charge in [0.05, 0.1) is 7.11 Å². The average Bonchev–Trinajstić information content (AvgIpc) is 2.28. The largest absolute Gasteiger partial charge is 0.507 e. The maximum absolute atomic E-state index is 12.6. The van der Waals surface area contributed by atoms with Crippen LogP contribution in [0.15, 0.2) is 30.3 Å². The van der Waals surface area contributed by atoms with E-state index in [-0.39, 0.29) is 5.56 Å². The lowest BCUT2D eigenvalue weighted by molar-refractivity contribution is -0.149. The van der Waals surface area contributed by atoms with E-state index in [4.69, 9.17) is 0 Å². The van der Waals surface area contributed by atoms with Crippen LogP contribution in [0.1, 0.15) is 5.56 Å². The lowest BCUT2D eigenvalue weighted by atomic mass is 10.1. The van der Waals surface area contributed by atoms with E-state index in [1.807, 2.05) is 0 Å². The molecule has 0 amide bonds. The minimum atomic E-state index is -1.08. The van der Waals surface area contributed by atoms with Gasteiger partial charge in [-0.05, 0) is 24.3 Å². The molecule has 0 heterocycles. The van der Waals surface area contributed by atoms with Crippen molar-refractivity contribution in [1.82, 2.24) is 0 Å². The molecule has 0 spiro atoms. The predicted octanol–water partition coefficient (Wildman–Crippen LogP) is 1.47. The molecule has 0 saturated heterocycles. The van der Waals surface area contributed by atoms with Crippen LogP contribution in [0.4, 0.5) is 4.39 Å². The third kappa shape index (κ3) is 2.91. The minimum absolute atomic E-state index is 0.235. The van der Waals surface area contributed by atoms with Crippen molar-refractivity contribution in [2.45, 2.75) is 0 Å². The van der Waals surface area contributed by atoms with Gasteiger partial charge in [0, 0.05) is 11.6 Å². The highest BCUT2D eigenvalue weighted by molar-refractivity contribution is 6.39. The van der Waals surface area contributed by atoms with Gasteiger partial charge in [-0.15, -0.1) is 0 Å². The Kier molecular flexibility index (Phi) is 3.77. The normalized spacial score (nSPS) is 11.0. The number of hydrogen-bond donors (Lipinski definition) is 1. The molecule has 0 aliphatic heterocycles. The van der Waals surface area contributed by atoms with E-state index in [1.54, 1.807) is 0 Å². The Bertz CT molecular complexity index is 434. The number of aliphatic hydroxyl groups is 1. The molecule has 16 heavy (non-hydrogen) atoms. The summed E-state index contributed by atoms with van der Waals surface area (Å²) in [7, 11) is 1.06. The first-order valence-corrected chi connectivity index (χ1v) is 4.33. The van der Waals surface area contributed by atoms with Crippen LogP contribution in [0.3, 0.4) is 0 Å². The summed E-state index contributed by atoms with van der Waals surface area (Å²) in [5.41, 5.74) is 0.235. The topological polar surface area (TPSA) is 63.6 Å². The molecular formula is C11H9FO4. The van der Waals surface area contributed by atoms with Gasteiger partial charge in [0.15, 0.2) is 0 Å². The molecule has 1 aromatic rings. The van der Waals surface area contributed by atoms with Crippen LogP contribution in [-0.2, 0) is 14.3 Å². The van der Waals surface area contributed by atoms with Crippen molar-refractivity contribution in [2.24, 2.45) is 0 Å². The molecule has 0 aromatic heterocycles. The Morgan fingerprint density at radius 2 is 1.88 bits per heavy atom. The lowest BCUT2D eigenvalue weighted by Gasteiger charge is -1.99. The fourth-order valence-corrected chi connectivity index (χ4v) is 0.988. The number of aliphatic hydroxyl groups excluding tert-OH is 1. The van der Waals surface area contributed by atoms with Crippen LogP contribution in [-0.4, -0.2) is 24.0 Å². The summed E-state index contributed by atoms with van der Waals surface area (Å²) in [6, 6.07) is 4.82. The molecule has 0 atom stereocenters. The van der Waals surface area contributed by atoms with Crippen molar-refractivity contribution in [3.63, 3.8) is 0 Å². The highest BCUT2D eigenvalue weighted by Gasteiger charge is 2.12. The average molecular weight is 224 g/mol. The van der Waals surface area contributed by atoms with Crippen LogP contribution < -0.4 is 0 Å². The Morgan fingerprint density at radius 1 is 1.31 bits per heavy atom. The molecule has 1 aromatic carbocycles. The number of rotatable bonds is 3. The van der Waals surface area contributed by atoms with Crippen LogP contribution >= 0.6 is 0 Å². The smallest absolute Gasteiger partial charge is 0.378 e. The molecule has 0 unspecified atom stereocenters. The number of carbonyl (C=O) groups excluding carboxylic acids is 2. The maximum atomic E-state index is 12.6. The second-order valence-corrected chi connectivity index (χ2v) is 2.89. The zero-order valence-electron chi connectivity index (χ0n) is 8.44. The Hall–Kier alpha value is -2.17. The zero-order chi connectivity index (χ0) is 12.1. The van der Waals surface area contributed by atoms with Crippen LogP contribution in [0.5, 0.6) is 0 Å². The number of ketones is 1.